The van der Waals surface area contributed by atoms with Crippen LogP contribution < -0.4 is 5.32 Å². The Morgan fingerprint density at radius 3 is 2.84 bits per heavy atom. The lowest BCUT2D eigenvalue weighted by molar-refractivity contribution is -0.144. The van der Waals surface area contributed by atoms with Crippen LogP contribution >= 0.6 is 0 Å². The van der Waals surface area contributed by atoms with E-state index < -0.39 is 23.6 Å². The van der Waals surface area contributed by atoms with E-state index >= 15 is 0 Å². The summed E-state index contributed by atoms with van der Waals surface area (Å²) in [5.74, 6) is -2.75. The summed E-state index contributed by atoms with van der Waals surface area (Å²) in [6.45, 7) is 1.05. The van der Waals surface area contributed by atoms with Crippen LogP contribution in [0.25, 0.3) is 10.9 Å². The summed E-state index contributed by atoms with van der Waals surface area (Å²) >= 11 is 0. The van der Waals surface area contributed by atoms with Gasteiger partial charge in [-0.2, -0.15) is 0 Å². The molecule has 1 aliphatic heterocycles. The molecule has 2 heterocycles. The number of carbonyl (C=O) groups is 2. The molecular formula is C18H19FN2O4. The normalized spacial score (nSPS) is 16.5. The van der Waals surface area contributed by atoms with Crippen molar-refractivity contribution in [3.05, 3.63) is 41.8 Å². The molecule has 0 spiro atoms. The molecule has 0 bridgehead atoms. The van der Waals surface area contributed by atoms with E-state index in [1.165, 1.54) is 12.3 Å². The van der Waals surface area contributed by atoms with Crippen molar-refractivity contribution >= 4 is 22.8 Å². The zero-order valence-corrected chi connectivity index (χ0v) is 13.6. The zero-order valence-electron chi connectivity index (χ0n) is 13.6. The molecule has 7 heteroatoms. The highest BCUT2D eigenvalue weighted by Gasteiger charge is 2.30. The monoisotopic (exact) mass is 346 g/mol. The fourth-order valence-electron chi connectivity index (χ4n) is 3.20. The van der Waals surface area contributed by atoms with Crippen molar-refractivity contribution in [2.24, 2.45) is 11.8 Å². The molecule has 1 unspecified atom stereocenters. The number of nitrogens with one attached hydrogen (secondary N) is 1. The first kappa shape index (κ1) is 17.3. The van der Waals surface area contributed by atoms with Gasteiger partial charge in [0.05, 0.1) is 17.0 Å². The maximum atomic E-state index is 13.8. The summed E-state index contributed by atoms with van der Waals surface area (Å²) in [6, 6.07) is 5.76. The molecule has 2 N–H and O–H groups in total. The third-order valence-corrected chi connectivity index (χ3v) is 4.55. The maximum Gasteiger partial charge on any atom is 0.308 e. The van der Waals surface area contributed by atoms with E-state index in [0.29, 0.717) is 37.0 Å². The molecule has 6 nitrogen and oxygen atoms in total. The van der Waals surface area contributed by atoms with E-state index in [1.807, 2.05) is 0 Å². The number of rotatable bonds is 5. The van der Waals surface area contributed by atoms with Crippen molar-refractivity contribution < 1.29 is 23.8 Å². The van der Waals surface area contributed by atoms with Crippen molar-refractivity contribution in [2.45, 2.75) is 12.8 Å². The van der Waals surface area contributed by atoms with Gasteiger partial charge < -0.3 is 15.2 Å². The number of fused-ring (bicyclic) bond motifs is 1. The van der Waals surface area contributed by atoms with Gasteiger partial charge in [0.15, 0.2) is 0 Å². The first-order valence-electron chi connectivity index (χ1n) is 8.19. The Hall–Kier alpha value is -2.54. The topological polar surface area (TPSA) is 88.5 Å². The molecule has 25 heavy (non-hydrogen) atoms. The van der Waals surface area contributed by atoms with Gasteiger partial charge in [0, 0.05) is 31.3 Å². The minimum Gasteiger partial charge on any atom is -0.481 e. The smallest absolute Gasteiger partial charge is 0.308 e. The predicted octanol–water partition coefficient (Wildman–Crippen LogP) is 2.23. The molecule has 1 saturated heterocycles. The van der Waals surface area contributed by atoms with E-state index in [2.05, 4.69) is 10.3 Å². The highest BCUT2D eigenvalue weighted by Crippen LogP contribution is 2.24. The quantitative estimate of drug-likeness (QED) is 0.867. The molecule has 2 aromatic rings. The Kier molecular flexibility index (Phi) is 5.23. The van der Waals surface area contributed by atoms with Crippen LogP contribution in [0.15, 0.2) is 30.5 Å². The number of halogens is 1. The lowest BCUT2D eigenvalue weighted by Gasteiger charge is -2.27. The second kappa shape index (κ2) is 7.57. The van der Waals surface area contributed by atoms with Gasteiger partial charge in [-0.05, 0) is 37.0 Å². The van der Waals surface area contributed by atoms with Gasteiger partial charge in [-0.3, -0.25) is 14.6 Å². The lowest BCUT2D eigenvalue weighted by atomic mass is 9.86. The summed E-state index contributed by atoms with van der Waals surface area (Å²) in [5.41, 5.74) is 0.492. The van der Waals surface area contributed by atoms with Gasteiger partial charge in [0.25, 0.3) is 5.91 Å². The molecule has 1 aromatic carbocycles. The van der Waals surface area contributed by atoms with Gasteiger partial charge in [0.1, 0.15) is 5.82 Å². The first-order valence-corrected chi connectivity index (χ1v) is 8.19. The third-order valence-electron chi connectivity index (χ3n) is 4.55. The fraction of sp³-hybridized carbons (Fsp3) is 0.389. The summed E-state index contributed by atoms with van der Waals surface area (Å²) in [4.78, 5) is 28.2. The minimum absolute atomic E-state index is 0.0102. The Bertz CT molecular complexity index is 790. The SMILES string of the molecule is O=C(NCC(C(=O)O)C1CCOCC1)c1cc(F)cc2cccnc12. The largest absolute Gasteiger partial charge is 0.481 e. The van der Waals surface area contributed by atoms with Crippen LogP contribution in [0.2, 0.25) is 0 Å². The number of carboxylic acid groups (broad SMARTS) is 1. The predicted molar refractivity (Wildman–Crippen MR) is 88.7 cm³/mol. The molecule has 0 saturated carbocycles. The van der Waals surface area contributed by atoms with Crippen LogP contribution in [0.5, 0.6) is 0 Å². The second-order valence-electron chi connectivity index (χ2n) is 6.13. The van der Waals surface area contributed by atoms with Crippen molar-refractivity contribution in [3.63, 3.8) is 0 Å². The van der Waals surface area contributed by atoms with E-state index in [4.69, 9.17) is 4.74 Å². The van der Waals surface area contributed by atoms with Gasteiger partial charge in [-0.1, -0.05) is 6.07 Å². The summed E-state index contributed by atoms with van der Waals surface area (Å²) in [5, 5.41) is 12.6. The number of benzene rings is 1. The van der Waals surface area contributed by atoms with Gasteiger partial charge >= 0.3 is 5.97 Å². The van der Waals surface area contributed by atoms with Crippen LogP contribution in [0, 0.1) is 17.7 Å². The molecule has 0 radical (unpaired) electrons. The van der Waals surface area contributed by atoms with Crippen LogP contribution in [0.4, 0.5) is 4.39 Å². The summed E-state index contributed by atoms with van der Waals surface area (Å²) in [7, 11) is 0. The minimum atomic E-state index is -0.950. The molecule has 1 amide bonds. The number of amides is 1. The molecule has 132 valence electrons. The molecular weight excluding hydrogens is 327 g/mol. The Morgan fingerprint density at radius 1 is 1.36 bits per heavy atom. The molecule has 1 fully saturated rings. The molecule has 0 aliphatic carbocycles. The maximum absolute atomic E-state index is 13.8. The highest BCUT2D eigenvalue weighted by molar-refractivity contribution is 6.05. The van der Waals surface area contributed by atoms with Crippen LogP contribution in [-0.4, -0.2) is 41.7 Å². The van der Waals surface area contributed by atoms with E-state index in [1.54, 1.807) is 12.1 Å². The van der Waals surface area contributed by atoms with Crippen LogP contribution in [-0.2, 0) is 9.53 Å². The molecule has 1 aromatic heterocycles. The first-order chi connectivity index (χ1) is 12.1. The van der Waals surface area contributed by atoms with Crippen molar-refractivity contribution in [1.82, 2.24) is 10.3 Å². The summed E-state index contributed by atoms with van der Waals surface area (Å²) in [6.07, 6.45) is 2.83. The Balaban J connectivity index is 1.76. The van der Waals surface area contributed by atoms with Crippen molar-refractivity contribution in [1.29, 1.82) is 0 Å². The zero-order chi connectivity index (χ0) is 17.8. The highest BCUT2D eigenvalue weighted by atomic mass is 19.1. The Labute approximate surface area is 144 Å². The number of carbonyl (C=O) groups excluding carboxylic acids is 1. The Morgan fingerprint density at radius 2 is 2.12 bits per heavy atom. The third kappa shape index (κ3) is 3.93. The number of hydrogen-bond acceptors (Lipinski definition) is 4. The van der Waals surface area contributed by atoms with Gasteiger partial charge in [-0.15, -0.1) is 0 Å². The number of hydrogen-bond donors (Lipinski definition) is 2. The second-order valence-corrected chi connectivity index (χ2v) is 6.13. The number of ether oxygens (including phenoxy) is 1. The average Bonchev–Trinajstić information content (AvgIpc) is 2.61. The fourth-order valence-corrected chi connectivity index (χ4v) is 3.20. The summed E-state index contributed by atoms with van der Waals surface area (Å²) < 4.78 is 19.0. The van der Waals surface area contributed by atoms with Gasteiger partial charge in [-0.25, -0.2) is 4.39 Å². The standard InChI is InChI=1S/C18H19FN2O4/c19-13-8-12-2-1-5-20-16(12)14(9-13)17(22)21-10-15(18(23)24)11-3-6-25-7-4-11/h1-2,5,8-9,11,15H,3-4,6-7,10H2,(H,21,22)(H,23,24). The number of nitrogens with zero attached hydrogens (tertiary/aromatic N) is 1. The van der Waals surface area contributed by atoms with E-state index in [0.717, 1.165) is 6.07 Å². The van der Waals surface area contributed by atoms with Crippen LogP contribution in [0.3, 0.4) is 0 Å². The number of carboxylic acids is 1. The van der Waals surface area contributed by atoms with Crippen molar-refractivity contribution in [2.75, 3.05) is 19.8 Å². The lowest BCUT2D eigenvalue weighted by Crippen LogP contribution is -2.39. The van der Waals surface area contributed by atoms with Gasteiger partial charge in [0.2, 0.25) is 0 Å². The number of aromatic nitrogens is 1. The number of pyridine rings is 1. The number of aliphatic carboxylic acids is 1. The van der Waals surface area contributed by atoms with E-state index in [-0.39, 0.29) is 18.0 Å². The molecule has 1 aliphatic rings. The van der Waals surface area contributed by atoms with E-state index in [9.17, 15) is 19.1 Å². The average molecular weight is 346 g/mol. The molecule has 3 rings (SSSR count). The van der Waals surface area contributed by atoms with Crippen LogP contribution in [0.1, 0.15) is 23.2 Å². The molecule has 1 atom stereocenters. The van der Waals surface area contributed by atoms with Crippen molar-refractivity contribution in [3.8, 4) is 0 Å².